The van der Waals surface area contributed by atoms with Gasteiger partial charge in [-0.3, -0.25) is 4.79 Å². The second kappa shape index (κ2) is 7.61. The Hall–Kier alpha value is -1.33. The van der Waals surface area contributed by atoms with E-state index < -0.39 is 0 Å². The highest BCUT2D eigenvalue weighted by Gasteiger charge is 2.13. The van der Waals surface area contributed by atoms with Crippen molar-refractivity contribution in [3.63, 3.8) is 0 Å². The summed E-state index contributed by atoms with van der Waals surface area (Å²) in [4.78, 5) is 12.5. The van der Waals surface area contributed by atoms with Crippen LogP contribution in [0.15, 0.2) is 51.4 Å². The van der Waals surface area contributed by atoms with Crippen molar-refractivity contribution >= 4 is 49.1 Å². The Morgan fingerprint density at radius 3 is 2.38 bits per heavy atom. The van der Waals surface area contributed by atoms with E-state index in [0.717, 1.165) is 33.3 Å². The van der Waals surface area contributed by atoms with Gasteiger partial charge in [0.15, 0.2) is 0 Å². The largest absolute Gasteiger partial charge is 0.384 e. The molecule has 2 rings (SSSR count). The second-order valence-corrected chi connectivity index (χ2v) is 6.23. The average molecular weight is 412 g/mol. The van der Waals surface area contributed by atoms with Gasteiger partial charge in [0.1, 0.15) is 0 Å². The highest BCUT2D eigenvalue weighted by Crippen LogP contribution is 2.31. The lowest BCUT2D eigenvalue weighted by Gasteiger charge is -2.13. The molecular formula is C16H16Br2N2O. The van der Waals surface area contributed by atoms with Crippen LogP contribution < -0.4 is 10.6 Å². The van der Waals surface area contributed by atoms with Gasteiger partial charge < -0.3 is 10.6 Å². The molecular weight excluding hydrogens is 396 g/mol. The zero-order chi connectivity index (χ0) is 15.2. The van der Waals surface area contributed by atoms with Crippen molar-refractivity contribution in [3.05, 3.63) is 57.0 Å². The highest BCUT2D eigenvalue weighted by molar-refractivity contribution is 9.11. The third-order valence-corrected chi connectivity index (χ3v) is 4.26. The van der Waals surface area contributed by atoms with Crippen molar-refractivity contribution in [2.75, 3.05) is 17.2 Å². The maximum absolute atomic E-state index is 12.5. The Morgan fingerprint density at radius 2 is 1.71 bits per heavy atom. The van der Waals surface area contributed by atoms with Crippen LogP contribution in [0.3, 0.4) is 0 Å². The monoisotopic (exact) mass is 410 g/mol. The lowest BCUT2D eigenvalue weighted by molar-refractivity contribution is 0.102. The topological polar surface area (TPSA) is 41.1 Å². The maximum atomic E-state index is 12.5. The van der Waals surface area contributed by atoms with E-state index in [0.29, 0.717) is 5.56 Å². The van der Waals surface area contributed by atoms with Crippen LogP contribution in [0, 0.1) is 0 Å². The summed E-state index contributed by atoms with van der Waals surface area (Å²) in [6.45, 7) is 2.93. The van der Waals surface area contributed by atoms with Gasteiger partial charge in [0.05, 0.1) is 11.3 Å². The number of benzene rings is 2. The van der Waals surface area contributed by atoms with Gasteiger partial charge in [-0.05, 0) is 62.5 Å². The number of anilines is 2. The second-order valence-electron chi connectivity index (χ2n) is 4.52. The van der Waals surface area contributed by atoms with Gasteiger partial charge >= 0.3 is 0 Å². The fourth-order valence-corrected chi connectivity index (χ4v) is 3.09. The molecule has 0 spiro atoms. The Bertz CT molecular complexity index is 624. The SMILES string of the molecule is CCCNc1ccccc1C(=O)Nc1c(Br)cccc1Br. The summed E-state index contributed by atoms with van der Waals surface area (Å²) in [6.07, 6.45) is 1.01. The summed E-state index contributed by atoms with van der Waals surface area (Å²) in [5.74, 6) is -0.137. The van der Waals surface area contributed by atoms with E-state index in [4.69, 9.17) is 0 Å². The zero-order valence-corrected chi connectivity index (χ0v) is 14.8. The minimum atomic E-state index is -0.137. The van der Waals surface area contributed by atoms with Crippen molar-refractivity contribution in [1.29, 1.82) is 0 Å². The Labute approximate surface area is 141 Å². The molecule has 0 aliphatic heterocycles. The van der Waals surface area contributed by atoms with Crippen LogP contribution >= 0.6 is 31.9 Å². The Morgan fingerprint density at radius 1 is 1.05 bits per heavy atom. The summed E-state index contributed by atoms with van der Waals surface area (Å²) in [5.41, 5.74) is 2.21. The van der Waals surface area contributed by atoms with Crippen molar-refractivity contribution in [2.24, 2.45) is 0 Å². The molecule has 0 fully saturated rings. The summed E-state index contributed by atoms with van der Waals surface area (Å²) in [7, 11) is 0. The molecule has 21 heavy (non-hydrogen) atoms. The normalized spacial score (nSPS) is 10.2. The van der Waals surface area contributed by atoms with E-state index in [2.05, 4.69) is 49.4 Å². The van der Waals surface area contributed by atoms with Crippen LogP contribution in [0.25, 0.3) is 0 Å². The number of hydrogen-bond donors (Lipinski definition) is 2. The van der Waals surface area contributed by atoms with Crippen molar-refractivity contribution < 1.29 is 4.79 Å². The first kappa shape index (κ1) is 16.0. The molecule has 5 heteroatoms. The summed E-state index contributed by atoms with van der Waals surface area (Å²) in [5, 5.41) is 6.21. The van der Waals surface area contributed by atoms with E-state index in [-0.39, 0.29) is 5.91 Å². The van der Waals surface area contributed by atoms with Gasteiger partial charge in [0, 0.05) is 21.2 Å². The number of carbonyl (C=O) groups is 1. The maximum Gasteiger partial charge on any atom is 0.257 e. The summed E-state index contributed by atoms with van der Waals surface area (Å²) in [6, 6.07) is 13.2. The number of rotatable bonds is 5. The molecule has 0 saturated carbocycles. The quantitative estimate of drug-likeness (QED) is 0.702. The molecule has 3 nitrogen and oxygen atoms in total. The predicted octanol–water partition coefficient (Wildman–Crippen LogP) is 5.29. The lowest BCUT2D eigenvalue weighted by atomic mass is 10.1. The van der Waals surface area contributed by atoms with E-state index >= 15 is 0 Å². The summed E-state index contributed by atoms with van der Waals surface area (Å²) >= 11 is 6.90. The van der Waals surface area contributed by atoms with Crippen LogP contribution in [-0.2, 0) is 0 Å². The summed E-state index contributed by atoms with van der Waals surface area (Å²) < 4.78 is 1.67. The first-order valence-electron chi connectivity index (χ1n) is 6.71. The van der Waals surface area contributed by atoms with E-state index in [1.165, 1.54) is 0 Å². The molecule has 0 aliphatic carbocycles. The molecule has 1 amide bonds. The number of nitrogens with one attached hydrogen (secondary N) is 2. The van der Waals surface area contributed by atoms with Crippen molar-refractivity contribution in [1.82, 2.24) is 0 Å². The molecule has 0 atom stereocenters. The van der Waals surface area contributed by atoms with Gasteiger partial charge in [-0.15, -0.1) is 0 Å². The van der Waals surface area contributed by atoms with Crippen LogP contribution in [0.1, 0.15) is 23.7 Å². The Balaban J connectivity index is 2.25. The standard InChI is InChI=1S/C16H16Br2N2O/c1-2-10-19-14-9-4-3-6-11(14)16(21)20-15-12(17)7-5-8-13(15)18/h3-9,19H,2,10H2,1H3,(H,20,21). The first-order chi connectivity index (χ1) is 10.1. The molecule has 0 heterocycles. The molecule has 0 radical (unpaired) electrons. The van der Waals surface area contributed by atoms with Crippen LogP contribution in [0.4, 0.5) is 11.4 Å². The van der Waals surface area contributed by atoms with Gasteiger partial charge in [0.2, 0.25) is 0 Å². The first-order valence-corrected chi connectivity index (χ1v) is 8.30. The number of carbonyl (C=O) groups excluding carboxylic acids is 1. The minimum absolute atomic E-state index is 0.137. The van der Waals surface area contributed by atoms with Gasteiger partial charge in [-0.2, -0.15) is 0 Å². The molecule has 0 aromatic heterocycles. The lowest BCUT2D eigenvalue weighted by Crippen LogP contribution is -2.15. The average Bonchev–Trinajstić information content (AvgIpc) is 2.49. The minimum Gasteiger partial charge on any atom is -0.384 e. The van der Waals surface area contributed by atoms with E-state index in [9.17, 15) is 4.79 Å². The fraction of sp³-hybridized carbons (Fsp3) is 0.188. The van der Waals surface area contributed by atoms with Crippen LogP contribution in [0.5, 0.6) is 0 Å². The van der Waals surface area contributed by atoms with Gasteiger partial charge in [-0.25, -0.2) is 0 Å². The number of halogens is 2. The van der Waals surface area contributed by atoms with Gasteiger partial charge in [-0.1, -0.05) is 25.1 Å². The van der Waals surface area contributed by atoms with Crippen LogP contribution in [-0.4, -0.2) is 12.5 Å². The fourth-order valence-electron chi connectivity index (χ4n) is 1.89. The highest BCUT2D eigenvalue weighted by atomic mass is 79.9. The third-order valence-electron chi connectivity index (χ3n) is 2.94. The smallest absolute Gasteiger partial charge is 0.257 e. The molecule has 2 N–H and O–H groups in total. The third kappa shape index (κ3) is 4.08. The molecule has 2 aromatic carbocycles. The van der Waals surface area contributed by atoms with E-state index in [1.807, 2.05) is 42.5 Å². The Kier molecular flexibility index (Phi) is 5.82. The van der Waals surface area contributed by atoms with Crippen molar-refractivity contribution in [2.45, 2.75) is 13.3 Å². The van der Waals surface area contributed by atoms with E-state index in [1.54, 1.807) is 0 Å². The molecule has 110 valence electrons. The molecule has 0 aliphatic rings. The molecule has 0 saturated heterocycles. The zero-order valence-electron chi connectivity index (χ0n) is 11.6. The predicted molar refractivity (Wildman–Crippen MR) is 95.0 cm³/mol. The number of para-hydroxylation sites is 2. The molecule has 0 unspecified atom stereocenters. The number of hydrogen-bond acceptors (Lipinski definition) is 2. The van der Waals surface area contributed by atoms with Gasteiger partial charge in [0.25, 0.3) is 5.91 Å². The number of amides is 1. The van der Waals surface area contributed by atoms with Crippen LogP contribution in [0.2, 0.25) is 0 Å². The molecule has 2 aromatic rings. The van der Waals surface area contributed by atoms with Crippen molar-refractivity contribution in [3.8, 4) is 0 Å². The molecule has 0 bridgehead atoms.